The molecule has 0 aliphatic rings. The third-order valence-electron chi connectivity index (χ3n) is 4.51. The number of hydrogen-bond acceptors (Lipinski definition) is 8. The molecule has 1 heterocycles. The summed E-state index contributed by atoms with van der Waals surface area (Å²) in [5, 5.41) is 0. The standard InChI is InChI=1S/C21H22N2O7S2/c1-5-30-19(24)12-23-15-10-16(28-2)17(29-3)11-18(15)31-21(23)22-20(25)13-6-8-14(9-7-13)32(4,26)27/h6-11H,5,12H2,1-4H3. The van der Waals surface area contributed by atoms with E-state index in [1.807, 2.05) is 0 Å². The third kappa shape index (κ3) is 5.00. The molecular weight excluding hydrogens is 456 g/mol. The van der Waals surface area contributed by atoms with Crippen LogP contribution < -0.4 is 14.3 Å². The molecular formula is C21H22N2O7S2. The number of fused-ring (bicyclic) bond motifs is 1. The van der Waals surface area contributed by atoms with Gasteiger partial charge in [-0.3, -0.25) is 9.59 Å². The van der Waals surface area contributed by atoms with Crippen molar-refractivity contribution in [1.82, 2.24) is 4.57 Å². The maximum Gasteiger partial charge on any atom is 0.326 e. The van der Waals surface area contributed by atoms with Crippen molar-refractivity contribution < 1.29 is 32.2 Å². The molecule has 0 N–H and O–H groups in total. The van der Waals surface area contributed by atoms with E-state index >= 15 is 0 Å². The van der Waals surface area contributed by atoms with Gasteiger partial charge in [0.05, 0.1) is 35.9 Å². The number of methoxy groups -OCH3 is 2. The highest BCUT2D eigenvalue weighted by atomic mass is 32.2. The summed E-state index contributed by atoms with van der Waals surface area (Å²) >= 11 is 1.20. The molecule has 0 bridgehead atoms. The average molecular weight is 479 g/mol. The highest BCUT2D eigenvalue weighted by Crippen LogP contribution is 2.33. The van der Waals surface area contributed by atoms with E-state index in [4.69, 9.17) is 14.2 Å². The van der Waals surface area contributed by atoms with E-state index in [1.165, 1.54) is 49.8 Å². The predicted octanol–water partition coefficient (Wildman–Crippen LogP) is 2.43. The maximum atomic E-state index is 12.8. The molecule has 32 heavy (non-hydrogen) atoms. The molecule has 9 nitrogen and oxygen atoms in total. The molecule has 0 aliphatic heterocycles. The summed E-state index contributed by atoms with van der Waals surface area (Å²) < 4.78 is 41.3. The van der Waals surface area contributed by atoms with Gasteiger partial charge in [-0.1, -0.05) is 11.3 Å². The van der Waals surface area contributed by atoms with Crippen LogP contribution in [0.1, 0.15) is 17.3 Å². The van der Waals surface area contributed by atoms with Gasteiger partial charge in [0, 0.05) is 24.0 Å². The molecule has 3 aromatic rings. The Balaban J connectivity index is 2.13. The molecule has 0 fully saturated rings. The van der Waals surface area contributed by atoms with Gasteiger partial charge in [-0.05, 0) is 31.2 Å². The van der Waals surface area contributed by atoms with Crippen molar-refractivity contribution in [3.05, 3.63) is 46.8 Å². The topological polar surface area (TPSA) is 113 Å². The minimum Gasteiger partial charge on any atom is -0.493 e. The molecule has 170 valence electrons. The van der Waals surface area contributed by atoms with Crippen molar-refractivity contribution in [2.75, 3.05) is 27.1 Å². The summed E-state index contributed by atoms with van der Waals surface area (Å²) in [6.07, 6.45) is 1.09. The van der Waals surface area contributed by atoms with E-state index in [1.54, 1.807) is 23.6 Å². The van der Waals surface area contributed by atoms with E-state index in [0.717, 1.165) is 11.0 Å². The van der Waals surface area contributed by atoms with E-state index in [9.17, 15) is 18.0 Å². The zero-order valence-corrected chi connectivity index (χ0v) is 19.6. The Hall–Kier alpha value is -3.18. The highest BCUT2D eigenvalue weighted by molar-refractivity contribution is 7.90. The second-order valence-corrected chi connectivity index (χ2v) is 9.69. The molecule has 0 unspecified atom stereocenters. The summed E-state index contributed by atoms with van der Waals surface area (Å²) in [6.45, 7) is 1.77. The molecule has 3 rings (SSSR count). The summed E-state index contributed by atoms with van der Waals surface area (Å²) in [5.74, 6) is -0.0926. The number of ether oxygens (including phenoxy) is 3. The fourth-order valence-electron chi connectivity index (χ4n) is 2.97. The summed E-state index contributed by atoms with van der Waals surface area (Å²) in [4.78, 5) is 29.5. The number of amides is 1. The van der Waals surface area contributed by atoms with Crippen LogP contribution in [0.15, 0.2) is 46.3 Å². The Labute approximate surface area is 188 Å². The molecule has 1 amide bonds. The van der Waals surface area contributed by atoms with E-state index in [2.05, 4.69) is 4.99 Å². The number of rotatable bonds is 7. The van der Waals surface area contributed by atoms with Gasteiger partial charge in [-0.2, -0.15) is 4.99 Å². The van der Waals surface area contributed by atoms with E-state index in [-0.39, 0.29) is 28.4 Å². The van der Waals surface area contributed by atoms with Crippen LogP contribution in [0, 0.1) is 0 Å². The van der Waals surface area contributed by atoms with Crippen molar-refractivity contribution in [3.8, 4) is 11.5 Å². The number of aromatic nitrogens is 1. The van der Waals surface area contributed by atoms with Crippen LogP contribution in [0.2, 0.25) is 0 Å². The molecule has 0 saturated heterocycles. The average Bonchev–Trinajstić information content (AvgIpc) is 3.08. The maximum absolute atomic E-state index is 12.8. The number of esters is 1. The van der Waals surface area contributed by atoms with Gasteiger partial charge in [0.2, 0.25) is 0 Å². The van der Waals surface area contributed by atoms with Gasteiger partial charge < -0.3 is 18.8 Å². The number of sulfone groups is 1. The van der Waals surface area contributed by atoms with Crippen LogP contribution in [0.4, 0.5) is 0 Å². The van der Waals surface area contributed by atoms with Crippen molar-refractivity contribution in [2.45, 2.75) is 18.4 Å². The zero-order valence-electron chi connectivity index (χ0n) is 17.9. The summed E-state index contributed by atoms with van der Waals surface area (Å²) in [6, 6.07) is 8.95. The van der Waals surface area contributed by atoms with Gasteiger partial charge in [0.25, 0.3) is 5.91 Å². The molecule has 2 aromatic carbocycles. The van der Waals surface area contributed by atoms with Crippen LogP contribution in [0.3, 0.4) is 0 Å². The fraction of sp³-hybridized carbons (Fsp3) is 0.286. The largest absolute Gasteiger partial charge is 0.493 e. The van der Waals surface area contributed by atoms with Gasteiger partial charge in [-0.25, -0.2) is 8.42 Å². The Morgan fingerprint density at radius 2 is 1.69 bits per heavy atom. The van der Waals surface area contributed by atoms with Crippen LogP contribution in [0.5, 0.6) is 11.5 Å². The van der Waals surface area contributed by atoms with Gasteiger partial charge in [0.1, 0.15) is 6.54 Å². The zero-order chi connectivity index (χ0) is 23.5. The van der Waals surface area contributed by atoms with Crippen molar-refractivity contribution in [1.29, 1.82) is 0 Å². The number of thiazole rings is 1. The number of carbonyl (C=O) groups is 2. The highest BCUT2D eigenvalue weighted by Gasteiger charge is 2.16. The first-order valence-corrected chi connectivity index (χ1v) is 12.2. The van der Waals surface area contributed by atoms with E-state index in [0.29, 0.717) is 17.0 Å². The minimum absolute atomic E-state index is 0.104. The molecule has 1 aromatic heterocycles. The molecule has 0 atom stereocenters. The predicted molar refractivity (Wildman–Crippen MR) is 119 cm³/mol. The Kier molecular flexibility index (Phi) is 6.99. The second kappa shape index (κ2) is 9.53. The lowest BCUT2D eigenvalue weighted by Crippen LogP contribution is -2.23. The Morgan fingerprint density at radius 3 is 2.25 bits per heavy atom. The quantitative estimate of drug-likeness (QED) is 0.479. The smallest absolute Gasteiger partial charge is 0.326 e. The molecule has 0 spiro atoms. The number of nitrogens with zero attached hydrogens (tertiary/aromatic N) is 2. The van der Waals surface area contributed by atoms with Crippen molar-refractivity contribution >= 4 is 43.3 Å². The molecule has 0 radical (unpaired) electrons. The lowest BCUT2D eigenvalue weighted by Gasteiger charge is -2.09. The first kappa shape index (κ1) is 23.5. The molecule has 11 heteroatoms. The van der Waals surface area contributed by atoms with Gasteiger partial charge >= 0.3 is 5.97 Å². The van der Waals surface area contributed by atoms with Crippen LogP contribution in [-0.4, -0.2) is 51.9 Å². The number of carbonyl (C=O) groups excluding carboxylic acids is 2. The first-order chi connectivity index (χ1) is 15.2. The van der Waals surface area contributed by atoms with Crippen LogP contribution in [-0.2, 0) is 25.9 Å². The number of hydrogen-bond donors (Lipinski definition) is 0. The monoisotopic (exact) mass is 478 g/mol. The lowest BCUT2D eigenvalue weighted by molar-refractivity contribution is -0.143. The number of benzene rings is 2. The van der Waals surface area contributed by atoms with Gasteiger partial charge in [0.15, 0.2) is 26.1 Å². The summed E-state index contributed by atoms with van der Waals surface area (Å²) in [7, 11) is -0.366. The Morgan fingerprint density at radius 1 is 1.06 bits per heavy atom. The van der Waals surface area contributed by atoms with E-state index < -0.39 is 21.7 Å². The third-order valence-corrected chi connectivity index (χ3v) is 6.68. The fourth-order valence-corrected chi connectivity index (χ4v) is 4.64. The van der Waals surface area contributed by atoms with Crippen LogP contribution in [0.25, 0.3) is 10.2 Å². The lowest BCUT2D eigenvalue weighted by atomic mass is 10.2. The molecule has 0 aliphatic carbocycles. The Bertz CT molecular complexity index is 1340. The van der Waals surface area contributed by atoms with Crippen molar-refractivity contribution in [3.63, 3.8) is 0 Å². The second-order valence-electron chi connectivity index (χ2n) is 6.66. The normalized spacial score (nSPS) is 12.1. The van der Waals surface area contributed by atoms with Crippen LogP contribution >= 0.6 is 11.3 Å². The SMILES string of the molecule is CCOC(=O)Cn1c(=NC(=O)c2ccc(S(C)(=O)=O)cc2)sc2cc(OC)c(OC)cc21. The van der Waals surface area contributed by atoms with Crippen molar-refractivity contribution in [2.24, 2.45) is 4.99 Å². The summed E-state index contributed by atoms with van der Waals surface area (Å²) in [5.41, 5.74) is 0.840. The first-order valence-electron chi connectivity index (χ1n) is 9.48. The molecule has 0 saturated carbocycles. The van der Waals surface area contributed by atoms with Gasteiger partial charge in [-0.15, -0.1) is 0 Å². The minimum atomic E-state index is -3.38.